The fraction of sp³-hybridized carbons (Fsp3) is 1.00. The average molecular weight is 533 g/mol. The highest BCUT2D eigenvalue weighted by atomic mass is 16.5. The van der Waals surface area contributed by atoms with E-state index in [1.54, 1.807) is 12.8 Å². The third kappa shape index (κ3) is 7.03. The molecule has 0 aromatic carbocycles. The van der Waals surface area contributed by atoms with Crippen molar-refractivity contribution in [3.63, 3.8) is 0 Å². The second kappa shape index (κ2) is 14.2. The number of hydrogen-bond acceptors (Lipinski definition) is 2. The van der Waals surface area contributed by atoms with Gasteiger partial charge < -0.3 is 9.84 Å². The van der Waals surface area contributed by atoms with Crippen LogP contribution >= 0.6 is 0 Å². The zero-order chi connectivity index (χ0) is 28.1. The van der Waals surface area contributed by atoms with Crippen LogP contribution in [0.3, 0.4) is 0 Å². The van der Waals surface area contributed by atoms with Gasteiger partial charge in [0.25, 0.3) is 0 Å². The number of ether oxygens (including phenoxy) is 1. The molecule has 0 aromatic rings. The fourth-order valence-electron chi connectivity index (χ4n) is 10.1. The molecule has 1 N–H and O–H groups in total. The van der Waals surface area contributed by atoms with Gasteiger partial charge in [-0.2, -0.15) is 0 Å². The molecule has 12 atom stereocenters. The van der Waals surface area contributed by atoms with E-state index in [0.29, 0.717) is 41.5 Å². The topological polar surface area (TPSA) is 29.5 Å². The second-order valence-electron chi connectivity index (χ2n) is 15.4. The maximum absolute atomic E-state index is 9.49. The van der Waals surface area contributed by atoms with Gasteiger partial charge in [-0.25, -0.2) is 0 Å². The summed E-state index contributed by atoms with van der Waals surface area (Å²) in [5, 5.41) is 9.49. The second-order valence-corrected chi connectivity index (χ2v) is 15.4. The Morgan fingerprint density at radius 3 is 2.00 bits per heavy atom. The van der Waals surface area contributed by atoms with Gasteiger partial charge in [0.15, 0.2) is 0 Å². The third-order valence-electron chi connectivity index (χ3n) is 13.3. The first kappa shape index (κ1) is 32.4. The molecule has 0 radical (unpaired) electrons. The monoisotopic (exact) mass is 533 g/mol. The summed E-state index contributed by atoms with van der Waals surface area (Å²) < 4.78 is 5.55. The van der Waals surface area contributed by atoms with Crippen LogP contribution < -0.4 is 0 Å². The molecular weight excluding hydrogens is 464 g/mol. The maximum atomic E-state index is 9.49. The van der Waals surface area contributed by atoms with E-state index in [4.69, 9.17) is 4.74 Å². The van der Waals surface area contributed by atoms with Crippen molar-refractivity contribution >= 4 is 0 Å². The zero-order valence-corrected chi connectivity index (χ0v) is 27.2. The lowest BCUT2D eigenvalue weighted by Crippen LogP contribution is -2.53. The normalized spacial score (nSPS) is 40.4. The molecule has 0 spiro atoms. The maximum Gasteiger partial charge on any atom is 0.0548 e. The molecule has 224 valence electrons. The van der Waals surface area contributed by atoms with Crippen molar-refractivity contribution in [3.05, 3.63) is 0 Å². The van der Waals surface area contributed by atoms with Crippen LogP contribution in [0.1, 0.15) is 152 Å². The summed E-state index contributed by atoms with van der Waals surface area (Å²) in [4.78, 5) is 0. The van der Waals surface area contributed by atoms with Crippen molar-refractivity contribution in [2.24, 2.45) is 58.2 Å². The molecule has 2 nitrogen and oxygen atoms in total. The molecule has 0 saturated heterocycles. The Kier molecular flexibility index (Phi) is 12.1. The summed E-state index contributed by atoms with van der Waals surface area (Å²) in [6.45, 7) is 21.4. The van der Waals surface area contributed by atoms with Gasteiger partial charge in [0.1, 0.15) is 0 Å². The van der Waals surface area contributed by atoms with Crippen molar-refractivity contribution in [1.82, 2.24) is 0 Å². The molecule has 4 fully saturated rings. The van der Waals surface area contributed by atoms with Crippen molar-refractivity contribution in [2.75, 3.05) is 6.61 Å². The van der Waals surface area contributed by atoms with Gasteiger partial charge in [-0.05, 0) is 136 Å². The lowest BCUT2D eigenvalue weighted by Gasteiger charge is -2.61. The van der Waals surface area contributed by atoms with Gasteiger partial charge in [-0.3, -0.25) is 0 Å². The minimum Gasteiger partial charge on any atom is -0.396 e. The van der Waals surface area contributed by atoms with Gasteiger partial charge in [0, 0.05) is 6.61 Å². The molecule has 4 saturated carbocycles. The highest BCUT2D eigenvalue weighted by Crippen LogP contribution is 2.68. The standard InChI is InChI=1S/C28H50O.C8H18O/c1-19(21(3)18-29)9-10-20(2)24-13-14-25-23-12-11-22-8-6-7-16-27(22,4)26(23)15-17-28(24,25)5;1-5-7(3)9-8(4)6-2/h19-26,29H,6-18H2,1-5H3;7-8H,5-6H2,1-4H3/t19-,20+,21?,22?,23-,24+,25-,26-,27-,28+;/m0./s1. The van der Waals surface area contributed by atoms with Crippen molar-refractivity contribution in [3.8, 4) is 0 Å². The predicted molar refractivity (Wildman–Crippen MR) is 164 cm³/mol. The van der Waals surface area contributed by atoms with Crippen molar-refractivity contribution < 1.29 is 9.84 Å². The Morgan fingerprint density at radius 1 is 0.711 bits per heavy atom. The molecule has 0 aliphatic heterocycles. The highest BCUT2D eigenvalue weighted by molar-refractivity contribution is 5.09. The van der Waals surface area contributed by atoms with Gasteiger partial charge in [0.05, 0.1) is 12.2 Å². The Balaban J connectivity index is 0.000000383. The fourth-order valence-corrected chi connectivity index (χ4v) is 10.1. The molecule has 0 heterocycles. The van der Waals surface area contributed by atoms with E-state index in [-0.39, 0.29) is 0 Å². The SMILES string of the molecule is CC(CO)[C@@H](C)CC[C@@H](C)[C@H]1CC[C@H]2[C@@H]3CCC4CCCC[C@]4(C)[C@H]3CC[C@]12C.CCC(C)OC(C)CC. The van der Waals surface area contributed by atoms with Gasteiger partial charge >= 0.3 is 0 Å². The van der Waals surface area contributed by atoms with Crippen molar-refractivity contribution in [1.29, 1.82) is 0 Å². The smallest absolute Gasteiger partial charge is 0.0548 e. The zero-order valence-electron chi connectivity index (χ0n) is 27.2. The first-order valence-electron chi connectivity index (χ1n) is 17.3. The molecular formula is C36H68O2. The molecule has 38 heavy (non-hydrogen) atoms. The highest BCUT2D eigenvalue weighted by Gasteiger charge is 2.60. The van der Waals surface area contributed by atoms with E-state index < -0.39 is 0 Å². The Labute approximate surface area is 238 Å². The van der Waals surface area contributed by atoms with Crippen LogP contribution in [0.25, 0.3) is 0 Å². The molecule has 4 unspecified atom stereocenters. The number of hydrogen-bond donors (Lipinski definition) is 1. The van der Waals surface area contributed by atoms with Crippen LogP contribution in [-0.4, -0.2) is 23.9 Å². The quantitative estimate of drug-likeness (QED) is 0.303. The predicted octanol–water partition coefficient (Wildman–Crippen LogP) is 10.3. The van der Waals surface area contributed by atoms with Crippen LogP contribution in [0.15, 0.2) is 0 Å². The number of aliphatic hydroxyl groups excluding tert-OH is 1. The Morgan fingerprint density at radius 2 is 1.37 bits per heavy atom. The summed E-state index contributed by atoms with van der Waals surface area (Å²) in [5.41, 5.74) is 1.30. The number of aliphatic hydroxyl groups is 1. The average Bonchev–Trinajstić information content (AvgIpc) is 3.28. The lowest BCUT2D eigenvalue weighted by atomic mass is 9.44. The molecule has 4 aliphatic carbocycles. The minimum atomic E-state index is 0.349. The summed E-state index contributed by atoms with van der Waals surface area (Å²) in [6.07, 6.45) is 21.0. The lowest BCUT2D eigenvalue weighted by molar-refractivity contribution is -0.114. The van der Waals surface area contributed by atoms with E-state index in [0.717, 1.165) is 48.3 Å². The largest absolute Gasteiger partial charge is 0.396 e. The molecule has 0 amide bonds. The minimum absolute atomic E-state index is 0.349. The molecule has 0 bridgehead atoms. The van der Waals surface area contributed by atoms with E-state index in [2.05, 4.69) is 62.3 Å². The molecule has 2 heteroatoms. The van der Waals surface area contributed by atoms with Gasteiger partial charge in [0.2, 0.25) is 0 Å². The van der Waals surface area contributed by atoms with Crippen LogP contribution in [-0.2, 0) is 4.74 Å². The van der Waals surface area contributed by atoms with E-state index in [9.17, 15) is 5.11 Å². The molecule has 4 aliphatic rings. The molecule has 4 rings (SSSR count). The van der Waals surface area contributed by atoms with Gasteiger partial charge in [-0.15, -0.1) is 0 Å². The number of fused-ring (bicyclic) bond motifs is 5. The van der Waals surface area contributed by atoms with Crippen LogP contribution in [0, 0.1) is 58.2 Å². The molecule has 0 aromatic heterocycles. The van der Waals surface area contributed by atoms with Gasteiger partial charge in [-0.1, -0.05) is 74.1 Å². The third-order valence-corrected chi connectivity index (χ3v) is 13.3. The summed E-state index contributed by atoms with van der Waals surface area (Å²) in [6, 6.07) is 0. The Hall–Kier alpha value is -0.0800. The Bertz CT molecular complexity index is 683. The summed E-state index contributed by atoms with van der Waals surface area (Å²) in [5.74, 6) is 7.06. The van der Waals surface area contributed by atoms with E-state index >= 15 is 0 Å². The summed E-state index contributed by atoms with van der Waals surface area (Å²) >= 11 is 0. The number of rotatable bonds is 10. The van der Waals surface area contributed by atoms with Crippen molar-refractivity contribution in [2.45, 2.75) is 164 Å². The van der Waals surface area contributed by atoms with Crippen LogP contribution in [0.5, 0.6) is 0 Å². The summed E-state index contributed by atoms with van der Waals surface area (Å²) in [7, 11) is 0. The van der Waals surface area contributed by atoms with E-state index in [1.807, 2.05) is 0 Å². The van der Waals surface area contributed by atoms with Crippen LogP contribution in [0.2, 0.25) is 0 Å². The first-order valence-corrected chi connectivity index (χ1v) is 17.3. The first-order chi connectivity index (χ1) is 18.0. The van der Waals surface area contributed by atoms with Crippen LogP contribution in [0.4, 0.5) is 0 Å². The van der Waals surface area contributed by atoms with E-state index in [1.165, 1.54) is 64.2 Å².